The molecule has 0 bridgehead atoms. The fourth-order valence-electron chi connectivity index (χ4n) is 2.24. The summed E-state index contributed by atoms with van der Waals surface area (Å²) in [5.74, 6) is -0.764. The van der Waals surface area contributed by atoms with Gasteiger partial charge in [-0.05, 0) is 36.2 Å². The maximum atomic E-state index is 12.8. The molecule has 0 radical (unpaired) electrons. The van der Waals surface area contributed by atoms with Crippen LogP contribution in [0.1, 0.15) is 34.9 Å². The lowest BCUT2D eigenvalue weighted by atomic mass is 10.1. The van der Waals surface area contributed by atoms with Gasteiger partial charge in [-0.3, -0.25) is 9.59 Å². The molecule has 3 N–H and O–H groups in total. The Morgan fingerprint density at radius 1 is 1.00 bits per heavy atom. The van der Waals surface area contributed by atoms with Gasteiger partial charge in [0, 0.05) is 25.1 Å². The van der Waals surface area contributed by atoms with Crippen LogP contribution in [0.4, 0.5) is 4.39 Å². The maximum absolute atomic E-state index is 12.8. The first kappa shape index (κ1) is 18.6. The normalized spacial score (nSPS) is 11.6. The number of aliphatic hydroxyl groups is 1. The number of aliphatic hydroxyl groups excluding tert-OH is 1. The molecule has 0 heterocycles. The van der Waals surface area contributed by atoms with Crippen molar-refractivity contribution in [2.75, 3.05) is 13.1 Å². The Hall–Kier alpha value is -2.73. The summed E-state index contributed by atoms with van der Waals surface area (Å²) in [6.45, 7) is 0.447. The highest BCUT2D eigenvalue weighted by Crippen LogP contribution is 2.12. The first-order chi connectivity index (χ1) is 12.1. The molecule has 2 aromatic carbocycles. The van der Waals surface area contributed by atoms with Gasteiger partial charge in [0.2, 0.25) is 5.91 Å². The first-order valence-electron chi connectivity index (χ1n) is 8.10. The molecule has 0 aliphatic heterocycles. The van der Waals surface area contributed by atoms with Gasteiger partial charge in [0.25, 0.3) is 5.91 Å². The third-order valence-corrected chi connectivity index (χ3v) is 3.65. The van der Waals surface area contributed by atoms with Crippen LogP contribution >= 0.6 is 0 Å². The third kappa shape index (κ3) is 6.35. The Morgan fingerprint density at radius 3 is 2.36 bits per heavy atom. The maximum Gasteiger partial charge on any atom is 0.251 e. The van der Waals surface area contributed by atoms with E-state index < -0.39 is 6.10 Å². The topological polar surface area (TPSA) is 78.4 Å². The predicted octanol–water partition coefficient (Wildman–Crippen LogP) is 2.19. The number of hydrogen-bond donors (Lipinski definition) is 3. The summed E-state index contributed by atoms with van der Waals surface area (Å²) in [6.07, 6.45) is -0.148. The first-order valence-corrected chi connectivity index (χ1v) is 8.10. The molecule has 0 fully saturated rings. The molecule has 0 spiro atoms. The minimum absolute atomic E-state index is 0.0564. The molecule has 1 unspecified atom stereocenters. The second-order valence-corrected chi connectivity index (χ2v) is 5.60. The van der Waals surface area contributed by atoms with Crippen LogP contribution in [0.25, 0.3) is 0 Å². The summed E-state index contributed by atoms with van der Waals surface area (Å²) < 4.78 is 12.8. The fourth-order valence-corrected chi connectivity index (χ4v) is 2.24. The molecule has 132 valence electrons. The van der Waals surface area contributed by atoms with Crippen LogP contribution in [0.2, 0.25) is 0 Å². The Kier molecular flexibility index (Phi) is 7.10. The Balaban J connectivity index is 1.62. The molecule has 2 amide bonds. The standard InChI is InChI=1S/C19H21FN2O3/c20-16-10-8-14(9-11-16)17(23)13-22-18(24)7-4-12-21-19(25)15-5-2-1-3-6-15/h1-3,5-6,8-11,17,23H,4,7,12-13H2,(H,21,25)(H,22,24). The van der Waals surface area contributed by atoms with Gasteiger partial charge in [0.05, 0.1) is 6.10 Å². The van der Waals surface area contributed by atoms with Crippen LogP contribution in [0.3, 0.4) is 0 Å². The highest BCUT2D eigenvalue weighted by atomic mass is 19.1. The Labute approximate surface area is 145 Å². The molecule has 0 saturated carbocycles. The Bertz CT molecular complexity index is 690. The summed E-state index contributed by atoms with van der Waals surface area (Å²) in [5.41, 5.74) is 1.12. The van der Waals surface area contributed by atoms with Crippen molar-refractivity contribution in [3.8, 4) is 0 Å². The quantitative estimate of drug-likeness (QED) is 0.642. The van der Waals surface area contributed by atoms with E-state index in [2.05, 4.69) is 10.6 Å². The van der Waals surface area contributed by atoms with E-state index in [4.69, 9.17) is 0 Å². The molecule has 5 nitrogen and oxygen atoms in total. The van der Waals surface area contributed by atoms with Gasteiger partial charge < -0.3 is 15.7 Å². The van der Waals surface area contributed by atoms with Crippen LogP contribution in [-0.2, 0) is 4.79 Å². The molecule has 2 aromatic rings. The molecule has 0 aliphatic rings. The average Bonchev–Trinajstić information content (AvgIpc) is 2.64. The average molecular weight is 344 g/mol. The van der Waals surface area contributed by atoms with Crippen molar-refractivity contribution in [3.05, 3.63) is 71.5 Å². The number of carbonyl (C=O) groups is 2. The number of nitrogens with one attached hydrogen (secondary N) is 2. The smallest absolute Gasteiger partial charge is 0.251 e. The van der Waals surface area contributed by atoms with Crippen LogP contribution in [0, 0.1) is 5.82 Å². The van der Waals surface area contributed by atoms with Crippen molar-refractivity contribution in [1.29, 1.82) is 0 Å². The lowest BCUT2D eigenvalue weighted by Gasteiger charge is -2.12. The van der Waals surface area contributed by atoms with Crippen LogP contribution in [-0.4, -0.2) is 30.0 Å². The van der Waals surface area contributed by atoms with Gasteiger partial charge in [-0.2, -0.15) is 0 Å². The molecular formula is C19H21FN2O3. The van der Waals surface area contributed by atoms with Crippen molar-refractivity contribution in [1.82, 2.24) is 10.6 Å². The number of carbonyl (C=O) groups excluding carboxylic acids is 2. The lowest BCUT2D eigenvalue weighted by molar-refractivity contribution is -0.121. The van der Waals surface area contributed by atoms with E-state index in [0.29, 0.717) is 24.1 Å². The molecule has 0 aliphatic carbocycles. The second-order valence-electron chi connectivity index (χ2n) is 5.60. The van der Waals surface area contributed by atoms with Gasteiger partial charge >= 0.3 is 0 Å². The van der Waals surface area contributed by atoms with E-state index in [1.807, 2.05) is 6.07 Å². The van der Waals surface area contributed by atoms with E-state index in [1.54, 1.807) is 24.3 Å². The second kappa shape index (κ2) is 9.54. The summed E-state index contributed by atoms with van der Waals surface area (Å²) in [7, 11) is 0. The van der Waals surface area contributed by atoms with E-state index in [-0.39, 0.29) is 30.6 Å². The zero-order chi connectivity index (χ0) is 18.1. The largest absolute Gasteiger partial charge is 0.387 e. The number of rotatable bonds is 8. The fraction of sp³-hybridized carbons (Fsp3) is 0.263. The van der Waals surface area contributed by atoms with E-state index in [9.17, 15) is 19.1 Å². The summed E-state index contributed by atoms with van der Waals surface area (Å²) >= 11 is 0. The van der Waals surface area contributed by atoms with Crippen molar-refractivity contribution in [2.24, 2.45) is 0 Å². The molecule has 6 heteroatoms. The summed E-state index contributed by atoms with van der Waals surface area (Å²) in [5, 5.41) is 15.3. The molecular weight excluding hydrogens is 323 g/mol. The summed E-state index contributed by atoms with van der Waals surface area (Å²) in [6, 6.07) is 14.3. The highest BCUT2D eigenvalue weighted by Gasteiger charge is 2.10. The molecule has 25 heavy (non-hydrogen) atoms. The number of halogens is 1. The van der Waals surface area contributed by atoms with E-state index >= 15 is 0 Å². The minimum atomic E-state index is -0.887. The molecule has 1 atom stereocenters. The third-order valence-electron chi connectivity index (χ3n) is 3.65. The number of amides is 2. The van der Waals surface area contributed by atoms with Crippen molar-refractivity contribution in [3.63, 3.8) is 0 Å². The van der Waals surface area contributed by atoms with Gasteiger partial charge in [-0.1, -0.05) is 30.3 Å². The van der Waals surface area contributed by atoms with Crippen molar-refractivity contribution >= 4 is 11.8 Å². The highest BCUT2D eigenvalue weighted by molar-refractivity contribution is 5.94. The van der Waals surface area contributed by atoms with Gasteiger partial charge in [-0.25, -0.2) is 4.39 Å². The van der Waals surface area contributed by atoms with E-state index in [0.717, 1.165) is 0 Å². The minimum Gasteiger partial charge on any atom is -0.387 e. The van der Waals surface area contributed by atoms with Crippen molar-refractivity contribution < 1.29 is 19.1 Å². The van der Waals surface area contributed by atoms with Crippen LogP contribution in [0.5, 0.6) is 0 Å². The summed E-state index contributed by atoms with van der Waals surface area (Å²) in [4.78, 5) is 23.6. The van der Waals surface area contributed by atoms with E-state index in [1.165, 1.54) is 24.3 Å². The monoisotopic (exact) mass is 344 g/mol. The molecule has 0 saturated heterocycles. The van der Waals surface area contributed by atoms with Crippen molar-refractivity contribution in [2.45, 2.75) is 18.9 Å². The number of hydrogen-bond acceptors (Lipinski definition) is 3. The zero-order valence-corrected chi connectivity index (χ0v) is 13.7. The molecule has 2 rings (SSSR count). The predicted molar refractivity (Wildman–Crippen MR) is 92.4 cm³/mol. The SMILES string of the molecule is O=C(CCCNC(=O)c1ccccc1)NCC(O)c1ccc(F)cc1. The number of benzene rings is 2. The Morgan fingerprint density at radius 2 is 1.68 bits per heavy atom. The molecule has 0 aromatic heterocycles. The van der Waals surface area contributed by atoms with Gasteiger partial charge in [0.15, 0.2) is 0 Å². The van der Waals surface area contributed by atoms with Crippen LogP contribution < -0.4 is 10.6 Å². The lowest BCUT2D eigenvalue weighted by Crippen LogP contribution is -2.30. The van der Waals surface area contributed by atoms with Gasteiger partial charge in [-0.15, -0.1) is 0 Å². The van der Waals surface area contributed by atoms with Gasteiger partial charge in [0.1, 0.15) is 5.82 Å². The van der Waals surface area contributed by atoms with Crippen LogP contribution in [0.15, 0.2) is 54.6 Å². The zero-order valence-electron chi connectivity index (χ0n) is 13.7.